The fourth-order valence-electron chi connectivity index (χ4n) is 1.66. The van der Waals surface area contributed by atoms with Crippen LogP contribution >= 0.6 is 0 Å². The van der Waals surface area contributed by atoms with Crippen molar-refractivity contribution in [1.29, 1.82) is 0 Å². The van der Waals surface area contributed by atoms with Gasteiger partial charge in [0.2, 0.25) is 5.91 Å². The normalized spacial score (nSPS) is 10.6. The van der Waals surface area contributed by atoms with E-state index in [1.54, 1.807) is 13.2 Å². The number of amides is 1. The predicted octanol–water partition coefficient (Wildman–Crippen LogP) is 0.847. The molecule has 5 heteroatoms. The third-order valence-electron chi connectivity index (χ3n) is 2.80. The van der Waals surface area contributed by atoms with Crippen molar-refractivity contribution in [2.75, 3.05) is 33.5 Å². The van der Waals surface area contributed by atoms with Crippen LogP contribution in [0.1, 0.15) is 21.5 Å². The van der Waals surface area contributed by atoms with Crippen molar-refractivity contribution in [2.45, 2.75) is 13.5 Å². The van der Waals surface area contributed by atoms with Gasteiger partial charge in [0, 0.05) is 25.8 Å². The van der Waals surface area contributed by atoms with E-state index in [0.29, 0.717) is 25.4 Å². The number of rotatable bonds is 9. The van der Waals surface area contributed by atoms with Gasteiger partial charge in [-0.3, -0.25) is 4.79 Å². The Hall–Kier alpha value is -1.43. The van der Waals surface area contributed by atoms with Crippen molar-refractivity contribution in [1.82, 2.24) is 5.32 Å². The smallest absolute Gasteiger partial charge is 0.248 e. The fourth-order valence-corrected chi connectivity index (χ4v) is 1.66. The molecule has 0 unspecified atom stereocenters. The number of ether oxygens (including phenoxy) is 2. The molecule has 1 aromatic carbocycles. The lowest BCUT2D eigenvalue weighted by atomic mass is 10.0. The van der Waals surface area contributed by atoms with Crippen LogP contribution in [0.3, 0.4) is 0 Å². The zero-order chi connectivity index (χ0) is 14.1. The summed E-state index contributed by atoms with van der Waals surface area (Å²) >= 11 is 0. The number of carbonyl (C=O) groups is 1. The van der Waals surface area contributed by atoms with Crippen LogP contribution in [0.2, 0.25) is 0 Å². The third-order valence-corrected chi connectivity index (χ3v) is 2.80. The van der Waals surface area contributed by atoms with Crippen LogP contribution in [-0.4, -0.2) is 39.4 Å². The molecular formula is C14H22N2O3. The summed E-state index contributed by atoms with van der Waals surface area (Å²) in [5.41, 5.74) is 7.99. The number of carbonyl (C=O) groups excluding carboxylic acids is 1. The average Bonchev–Trinajstić information content (AvgIpc) is 2.39. The zero-order valence-electron chi connectivity index (χ0n) is 11.6. The minimum Gasteiger partial charge on any atom is -0.382 e. The van der Waals surface area contributed by atoms with Crippen LogP contribution < -0.4 is 11.1 Å². The molecule has 0 atom stereocenters. The topological polar surface area (TPSA) is 73.6 Å². The number of nitrogens with two attached hydrogens (primary N) is 1. The molecular weight excluding hydrogens is 244 g/mol. The second-order valence-corrected chi connectivity index (χ2v) is 4.29. The van der Waals surface area contributed by atoms with Crippen molar-refractivity contribution in [2.24, 2.45) is 5.73 Å². The van der Waals surface area contributed by atoms with Crippen LogP contribution in [0.4, 0.5) is 0 Å². The van der Waals surface area contributed by atoms with Crippen molar-refractivity contribution < 1.29 is 14.3 Å². The number of hydrogen-bond donors (Lipinski definition) is 2. The number of hydrogen-bond acceptors (Lipinski definition) is 4. The molecule has 0 bridgehead atoms. The lowest BCUT2D eigenvalue weighted by Gasteiger charge is -2.09. The van der Waals surface area contributed by atoms with Gasteiger partial charge in [-0.2, -0.15) is 0 Å². The van der Waals surface area contributed by atoms with Gasteiger partial charge in [-0.05, 0) is 30.2 Å². The summed E-state index contributed by atoms with van der Waals surface area (Å²) in [5, 5.41) is 3.29. The predicted molar refractivity (Wildman–Crippen MR) is 74.1 cm³/mol. The minimum atomic E-state index is -0.394. The number of benzene rings is 1. The molecule has 19 heavy (non-hydrogen) atoms. The Morgan fingerprint density at radius 1 is 1.32 bits per heavy atom. The summed E-state index contributed by atoms with van der Waals surface area (Å²) < 4.78 is 10.2. The molecule has 1 amide bonds. The molecule has 0 radical (unpaired) electrons. The molecule has 0 spiro atoms. The van der Waals surface area contributed by atoms with Gasteiger partial charge in [0.15, 0.2) is 0 Å². The Kier molecular flexibility index (Phi) is 7.10. The second kappa shape index (κ2) is 8.63. The maximum Gasteiger partial charge on any atom is 0.248 e. The number of nitrogens with one attached hydrogen (secondary N) is 1. The van der Waals surface area contributed by atoms with Crippen LogP contribution in [-0.2, 0) is 16.0 Å². The summed E-state index contributed by atoms with van der Waals surface area (Å²) in [5.74, 6) is -0.394. The van der Waals surface area contributed by atoms with Crippen LogP contribution in [0, 0.1) is 6.92 Å². The van der Waals surface area contributed by atoms with Gasteiger partial charge in [-0.15, -0.1) is 0 Å². The van der Waals surface area contributed by atoms with Crippen LogP contribution in [0.25, 0.3) is 0 Å². The molecule has 3 N–H and O–H groups in total. The van der Waals surface area contributed by atoms with Crippen LogP contribution in [0.5, 0.6) is 0 Å². The first-order chi connectivity index (χ1) is 9.15. The Morgan fingerprint density at radius 2 is 2.11 bits per heavy atom. The molecule has 0 aliphatic carbocycles. The summed E-state index contributed by atoms with van der Waals surface area (Å²) in [6.45, 7) is 5.39. The maximum absolute atomic E-state index is 11.0. The number of methoxy groups -OCH3 is 1. The average molecular weight is 266 g/mol. The first-order valence-electron chi connectivity index (χ1n) is 6.32. The van der Waals surface area contributed by atoms with E-state index in [1.807, 2.05) is 19.1 Å². The second-order valence-electron chi connectivity index (χ2n) is 4.29. The minimum absolute atomic E-state index is 0.394. The van der Waals surface area contributed by atoms with Gasteiger partial charge in [0.05, 0.1) is 19.8 Å². The van der Waals surface area contributed by atoms with E-state index in [0.717, 1.165) is 24.2 Å². The van der Waals surface area contributed by atoms with Gasteiger partial charge < -0.3 is 20.5 Å². The summed E-state index contributed by atoms with van der Waals surface area (Å²) in [7, 11) is 1.65. The first kappa shape index (κ1) is 15.6. The lowest BCUT2D eigenvalue weighted by molar-refractivity contribution is 0.0719. The zero-order valence-corrected chi connectivity index (χ0v) is 11.6. The molecule has 0 aliphatic rings. The molecule has 0 saturated heterocycles. The summed E-state index contributed by atoms with van der Waals surface area (Å²) in [4.78, 5) is 11.0. The van der Waals surface area contributed by atoms with Crippen molar-refractivity contribution in [3.63, 3.8) is 0 Å². The van der Waals surface area contributed by atoms with Gasteiger partial charge in [-0.1, -0.05) is 6.07 Å². The standard InChI is InChI=1S/C14H22N2O3/c1-11-9-12(14(15)17)3-4-13(11)10-16-5-6-19-8-7-18-2/h3-4,9,16H,5-8,10H2,1-2H3,(H2,15,17). The quantitative estimate of drug-likeness (QED) is 0.650. The van der Waals surface area contributed by atoms with Crippen molar-refractivity contribution in [3.05, 3.63) is 34.9 Å². The van der Waals surface area contributed by atoms with Crippen LogP contribution in [0.15, 0.2) is 18.2 Å². The Bertz CT molecular complexity index is 408. The molecule has 106 valence electrons. The molecule has 0 aliphatic heterocycles. The van der Waals surface area contributed by atoms with Crippen molar-refractivity contribution in [3.8, 4) is 0 Å². The first-order valence-corrected chi connectivity index (χ1v) is 6.32. The highest BCUT2D eigenvalue weighted by Crippen LogP contribution is 2.10. The highest BCUT2D eigenvalue weighted by Gasteiger charge is 2.03. The van der Waals surface area contributed by atoms with Gasteiger partial charge in [-0.25, -0.2) is 0 Å². The molecule has 0 heterocycles. The molecule has 0 saturated carbocycles. The summed E-state index contributed by atoms with van der Waals surface area (Å²) in [6, 6.07) is 5.49. The Morgan fingerprint density at radius 3 is 2.74 bits per heavy atom. The Balaban J connectivity index is 2.28. The van der Waals surface area contributed by atoms with Gasteiger partial charge in [0.1, 0.15) is 0 Å². The molecule has 1 aromatic rings. The number of aryl methyl sites for hydroxylation is 1. The van der Waals surface area contributed by atoms with E-state index in [-0.39, 0.29) is 0 Å². The lowest BCUT2D eigenvalue weighted by Crippen LogP contribution is -2.21. The third kappa shape index (κ3) is 5.83. The van der Waals surface area contributed by atoms with Gasteiger partial charge >= 0.3 is 0 Å². The number of primary amides is 1. The highest BCUT2D eigenvalue weighted by molar-refractivity contribution is 5.93. The summed E-state index contributed by atoms with van der Waals surface area (Å²) in [6.07, 6.45) is 0. The van der Waals surface area contributed by atoms with Crippen molar-refractivity contribution >= 4 is 5.91 Å². The highest BCUT2D eigenvalue weighted by atomic mass is 16.5. The Labute approximate surface area is 114 Å². The van der Waals surface area contributed by atoms with E-state index in [1.165, 1.54) is 0 Å². The maximum atomic E-state index is 11.0. The van der Waals surface area contributed by atoms with E-state index in [4.69, 9.17) is 15.2 Å². The molecule has 0 aromatic heterocycles. The molecule has 1 rings (SSSR count). The van der Waals surface area contributed by atoms with E-state index >= 15 is 0 Å². The monoisotopic (exact) mass is 266 g/mol. The van der Waals surface area contributed by atoms with E-state index in [2.05, 4.69) is 5.32 Å². The SMILES string of the molecule is COCCOCCNCc1ccc(C(N)=O)cc1C. The largest absolute Gasteiger partial charge is 0.382 e. The fraction of sp³-hybridized carbons (Fsp3) is 0.500. The molecule has 0 fully saturated rings. The van der Waals surface area contributed by atoms with E-state index < -0.39 is 5.91 Å². The van der Waals surface area contributed by atoms with Gasteiger partial charge in [0.25, 0.3) is 0 Å². The van der Waals surface area contributed by atoms with E-state index in [9.17, 15) is 4.79 Å². The molecule has 5 nitrogen and oxygen atoms in total.